The summed E-state index contributed by atoms with van der Waals surface area (Å²) in [6.45, 7) is 10.3. The third-order valence-electron chi connectivity index (χ3n) is 11.5. The van der Waals surface area contributed by atoms with Gasteiger partial charge in [-0.2, -0.15) is 0 Å². The number of ether oxygens (including phenoxy) is 1. The largest absolute Gasteiger partial charge is 0.508 e. The van der Waals surface area contributed by atoms with Gasteiger partial charge in [0, 0.05) is 39.4 Å². The first-order valence-corrected chi connectivity index (χ1v) is 22.6. The second-order valence-electron chi connectivity index (χ2n) is 17.3. The number of carbonyl (C=O) groups is 4. The molecule has 0 radical (unpaired) electrons. The normalized spacial score (nSPS) is 15.8. The number of aromatic nitrogens is 1. The Morgan fingerprint density at radius 2 is 1.56 bits per heavy atom. The lowest BCUT2D eigenvalue weighted by atomic mass is 9.85. The zero-order valence-electron chi connectivity index (χ0n) is 37.5. The van der Waals surface area contributed by atoms with Crippen molar-refractivity contribution in [3.63, 3.8) is 0 Å². The van der Waals surface area contributed by atoms with E-state index >= 15 is 0 Å². The van der Waals surface area contributed by atoms with Gasteiger partial charge in [-0.3, -0.25) is 19.2 Å². The van der Waals surface area contributed by atoms with Crippen molar-refractivity contribution in [1.29, 1.82) is 0 Å². The van der Waals surface area contributed by atoms with Crippen molar-refractivity contribution in [3.8, 4) is 21.9 Å². The molecule has 4 aromatic carbocycles. The minimum atomic E-state index is -1.00. The number of aryl methyl sites for hydroxylation is 1. The fraction of sp³-hybridized carbons (Fsp3) is 0.353. The van der Waals surface area contributed by atoms with Crippen LogP contribution in [0.1, 0.15) is 81.3 Å². The average molecular weight is 886 g/mol. The molecule has 4 N–H and O–H groups in total. The Balaban J connectivity index is 0.992. The van der Waals surface area contributed by atoms with Crippen LogP contribution in [0.15, 0.2) is 109 Å². The molecule has 0 aliphatic carbocycles. The maximum atomic E-state index is 14.1. The molecule has 5 aromatic rings. The van der Waals surface area contributed by atoms with Crippen LogP contribution in [0.5, 0.6) is 11.5 Å². The Morgan fingerprint density at radius 3 is 2.17 bits per heavy atom. The Kier molecular flexibility index (Phi) is 15.8. The van der Waals surface area contributed by atoms with E-state index in [1.807, 2.05) is 112 Å². The van der Waals surface area contributed by atoms with Crippen LogP contribution in [0.3, 0.4) is 0 Å². The molecule has 2 heterocycles. The molecular weight excluding hydrogens is 827 g/mol. The second-order valence-corrected chi connectivity index (χ2v) is 18.1. The van der Waals surface area contributed by atoms with Gasteiger partial charge in [-0.05, 0) is 82.0 Å². The molecule has 336 valence electrons. The van der Waals surface area contributed by atoms with Gasteiger partial charge in [-0.1, -0.05) is 107 Å². The van der Waals surface area contributed by atoms with E-state index in [2.05, 4.69) is 34.7 Å². The summed E-state index contributed by atoms with van der Waals surface area (Å²) >= 11 is 1.57. The number of nitrogens with one attached hydrogen (secondary N) is 2. The monoisotopic (exact) mass is 885 g/mol. The summed E-state index contributed by atoms with van der Waals surface area (Å²) in [5.41, 5.74) is 9.30. The first-order valence-electron chi connectivity index (χ1n) is 21.7. The molecule has 0 bridgehead atoms. The first-order chi connectivity index (χ1) is 30.6. The van der Waals surface area contributed by atoms with Crippen molar-refractivity contribution >= 4 is 46.1 Å². The number of aromatic hydroxyl groups is 1. The van der Waals surface area contributed by atoms with Gasteiger partial charge in [0.1, 0.15) is 30.2 Å². The molecule has 1 aliphatic rings. The van der Waals surface area contributed by atoms with Crippen LogP contribution in [0.4, 0.5) is 0 Å². The molecule has 6 rings (SSSR count). The average Bonchev–Trinajstić information content (AvgIpc) is 3.91. The van der Waals surface area contributed by atoms with E-state index in [-0.39, 0.29) is 63.1 Å². The number of rotatable bonds is 17. The summed E-state index contributed by atoms with van der Waals surface area (Å²) < 4.78 is 6.02. The van der Waals surface area contributed by atoms with Gasteiger partial charge in [0.15, 0.2) is 0 Å². The van der Waals surface area contributed by atoms with Gasteiger partial charge < -0.3 is 35.4 Å². The standard InChI is InChI=1S/C51H59N5O7S/c1-7-42(35-11-9-8-10-12-35)46(36-17-21-39(57)22-18-36)37-19-23-41(24-20-37)63-28-27-55(6)45(60)26-25-44(59)54-48(51(3,4)5)50(62)56-31-40(58)29-43(56)49(61)52-30-34-13-15-38(16-14-34)47-33(2)53-32-64-47/h8-24,32,40,43,48,57-58H,7,25-31H2,1-6H3,(H,52,61)(H,54,59)/b46-42-/t40-,43+,48-/m1/s1. The van der Waals surface area contributed by atoms with Crippen molar-refractivity contribution in [1.82, 2.24) is 25.4 Å². The molecule has 12 nitrogen and oxygen atoms in total. The van der Waals surface area contributed by atoms with E-state index in [4.69, 9.17) is 4.74 Å². The van der Waals surface area contributed by atoms with Crippen LogP contribution in [0, 0.1) is 12.3 Å². The van der Waals surface area contributed by atoms with Crippen LogP contribution in [0.2, 0.25) is 0 Å². The number of aliphatic hydroxyl groups is 1. The van der Waals surface area contributed by atoms with Gasteiger partial charge in [0.05, 0.1) is 28.7 Å². The number of phenolic OH excluding ortho intramolecular Hbond substituents is 1. The van der Waals surface area contributed by atoms with Crippen molar-refractivity contribution in [2.75, 3.05) is 26.7 Å². The van der Waals surface area contributed by atoms with Crippen molar-refractivity contribution in [2.24, 2.45) is 5.41 Å². The number of likely N-dealkylation sites (tertiary alicyclic amines) is 1. The van der Waals surface area contributed by atoms with Crippen LogP contribution in [0.25, 0.3) is 21.6 Å². The van der Waals surface area contributed by atoms with E-state index in [1.165, 1.54) is 15.4 Å². The van der Waals surface area contributed by atoms with E-state index in [0.29, 0.717) is 5.75 Å². The minimum Gasteiger partial charge on any atom is -0.508 e. The lowest BCUT2D eigenvalue weighted by Crippen LogP contribution is -2.57. The second kappa shape index (κ2) is 21.4. The van der Waals surface area contributed by atoms with Crippen molar-refractivity contribution in [2.45, 2.75) is 85.0 Å². The highest BCUT2D eigenvalue weighted by atomic mass is 32.1. The number of nitrogens with zero attached hydrogens (tertiary/aromatic N) is 3. The zero-order valence-corrected chi connectivity index (χ0v) is 38.3. The molecule has 4 amide bonds. The Hall–Kier alpha value is -6.31. The molecule has 1 aromatic heterocycles. The molecular formula is C51H59N5O7S. The third-order valence-corrected chi connectivity index (χ3v) is 12.5. The third kappa shape index (κ3) is 12.0. The number of thiazole rings is 1. The van der Waals surface area contributed by atoms with Crippen LogP contribution in [-0.2, 0) is 25.7 Å². The van der Waals surface area contributed by atoms with E-state index in [1.54, 1.807) is 30.5 Å². The number of hydrogen-bond donors (Lipinski definition) is 4. The highest BCUT2D eigenvalue weighted by molar-refractivity contribution is 7.13. The van der Waals surface area contributed by atoms with Gasteiger partial charge in [0.25, 0.3) is 0 Å². The quantitative estimate of drug-likeness (QED) is 0.0694. The van der Waals surface area contributed by atoms with Gasteiger partial charge >= 0.3 is 0 Å². The summed E-state index contributed by atoms with van der Waals surface area (Å²) in [7, 11) is 1.65. The van der Waals surface area contributed by atoms with E-state index in [9.17, 15) is 29.4 Å². The number of carbonyl (C=O) groups excluding carboxylic acids is 4. The van der Waals surface area contributed by atoms with E-state index in [0.717, 1.165) is 50.4 Å². The smallest absolute Gasteiger partial charge is 0.246 e. The molecule has 1 saturated heterocycles. The van der Waals surface area contributed by atoms with Gasteiger partial charge in [-0.25, -0.2) is 4.98 Å². The molecule has 0 saturated carbocycles. The van der Waals surface area contributed by atoms with Crippen LogP contribution >= 0.6 is 11.3 Å². The molecule has 13 heteroatoms. The fourth-order valence-electron chi connectivity index (χ4n) is 7.88. The van der Waals surface area contributed by atoms with Gasteiger partial charge in [-0.15, -0.1) is 11.3 Å². The molecule has 1 aliphatic heterocycles. The number of β-amino-alcohol motifs (C(OH)–C–C–N with tert-alkyl or cyclic N) is 1. The fourth-order valence-corrected chi connectivity index (χ4v) is 8.69. The summed E-state index contributed by atoms with van der Waals surface area (Å²) in [5, 5.41) is 26.3. The molecule has 0 unspecified atom stereocenters. The van der Waals surface area contributed by atoms with Crippen molar-refractivity contribution < 1.29 is 34.1 Å². The van der Waals surface area contributed by atoms with E-state index < -0.39 is 35.4 Å². The summed E-state index contributed by atoms with van der Waals surface area (Å²) in [5.74, 6) is -0.734. The number of likely N-dealkylation sites (N-methyl/N-ethyl adjacent to an activating group) is 1. The number of allylic oxidation sites excluding steroid dienone is 1. The lowest BCUT2D eigenvalue weighted by molar-refractivity contribution is -0.144. The predicted molar refractivity (Wildman–Crippen MR) is 251 cm³/mol. The van der Waals surface area contributed by atoms with Crippen LogP contribution in [-0.4, -0.2) is 93.6 Å². The number of aliphatic hydroxyl groups excluding tert-OH is 1. The topological polar surface area (TPSA) is 161 Å². The summed E-state index contributed by atoms with van der Waals surface area (Å²) in [6, 6.07) is 31.2. The predicted octanol–water partition coefficient (Wildman–Crippen LogP) is 7.62. The van der Waals surface area contributed by atoms with Crippen LogP contribution < -0.4 is 15.4 Å². The zero-order chi connectivity index (χ0) is 46.0. The van der Waals surface area contributed by atoms with Crippen molar-refractivity contribution in [3.05, 3.63) is 137 Å². The molecule has 0 spiro atoms. The molecule has 3 atom stereocenters. The Morgan fingerprint density at radius 1 is 0.906 bits per heavy atom. The lowest BCUT2D eigenvalue weighted by Gasteiger charge is -2.35. The highest BCUT2D eigenvalue weighted by Crippen LogP contribution is 2.36. The Bertz CT molecular complexity index is 2410. The number of hydrogen-bond acceptors (Lipinski definition) is 9. The molecule has 1 fully saturated rings. The summed E-state index contributed by atoms with van der Waals surface area (Å²) in [4.78, 5) is 62.2. The maximum absolute atomic E-state index is 14.1. The minimum absolute atomic E-state index is 0.0380. The summed E-state index contributed by atoms with van der Waals surface area (Å²) in [6.07, 6.45) is -0.232. The SMILES string of the molecule is CC/C(=C(\c1ccc(O)cc1)c1ccc(OCCN(C)C(=O)CCC(=O)N[C@H](C(=O)N2C[C@H](O)C[C@H]2C(=O)NCc2ccc(-c3scnc3C)cc2)C(C)(C)C)cc1)c1ccccc1. The Labute approximate surface area is 380 Å². The van der Waals surface area contributed by atoms with Gasteiger partial charge in [0.2, 0.25) is 23.6 Å². The maximum Gasteiger partial charge on any atom is 0.246 e. The highest BCUT2D eigenvalue weighted by Gasteiger charge is 2.44. The number of benzene rings is 4. The number of amides is 4. The molecule has 64 heavy (non-hydrogen) atoms. The first kappa shape index (κ1) is 47.2. The number of phenols is 1.